The van der Waals surface area contributed by atoms with Crippen molar-refractivity contribution in [3.63, 3.8) is 0 Å². The van der Waals surface area contributed by atoms with Crippen molar-refractivity contribution in [1.29, 1.82) is 0 Å². The molecule has 0 unspecified atom stereocenters. The SMILES string of the molecule is CN(C)C(=O)c1sc2ncccc2c1[C@H]1CCN(Cc2cn(C)cn2)C1. The summed E-state index contributed by atoms with van der Waals surface area (Å²) in [5, 5.41) is 1.13. The van der Waals surface area contributed by atoms with Gasteiger partial charge in [-0.2, -0.15) is 0 Å². The second-order valence-corrected chi connectivity index (χ2v) is 8.15. The minimum absolute atomic E-state index is 0.0752. The van der Waals surface area contributed by atoms with Crippen molar-refractivity contribution in [2.45, 2.75) is 18.9 Å². The Kier molecular flexibility index (Phi) is 4.50. The Morgan fingerprint density at radius 3 is 2.96 bits per heavy atom. The first-order chi connectivity index (χ1) is 12.5. The number of nitrogens with zero attached hydrogens (tertiary/aromatic N) is 5. The molecule has 4 rings (SSSR count). The van der Waals surface area contributed by atoms with E-state index in [1.54, 1.807) is 11.1 Å². The number of carbonyl (C=O) groups is 1. The number of rotatable bonds is 4. The highest BCUT2D eigenvalue weighted by Gasteiger charge is 2.31. The van der Waals surface area contributed by atoms with Crippen LogP contribution in [0.3, 0.4) is 0 Å². The monoisotopic (exact) mass is 369 g/mol. The number of aryl methyl sites for hydroxylation is 1. The normalized spacial score (nSPS) is 17.9. The number of likely N-dealkylation sites (tertiary alicyclic amines) is 1. The molecule has 1 atom stereocenters. The van der Waals surface area contributed by atoms with Crippen molar-refractivity contribution in [2.24, 2.45) is 7.05 Å². The first kappa shape index (κ1) is 17.2. The molecule has 26 heavy (non-hydrogen) atoms. The molecule has 3 aromatic rings. The fourth-order valence-corrected chi connectivity index (χ4v) is 4.96. The van der Waals surface area contributed by atoms with Crippen LogP contribution < -0.4 is 0 Å². The summed E-state index contributed by atoms with van der Waals surface area (Å²) in [5.74, 6) is 0.432. The van der Waals surface area contributed by atoms with Crippen molar-refractivity contribution < 1.29 is 4.79 Å². The third-order valence-corrected chi connectivity index (χ3v) is 6.05. The molecule has 3 aromatic heterocycles. The number of carbonyl (C=O) groups excluding carboxylic acids is 1. The van der Waals surface area contributed by atoms with E-state index in [2.05, 4.69) is 27.1 Å². The zero-order valence-electron chi connectivity index (χ0n) is 15.3. The van der Waals surface area contributed by atoms with Gasteiger partial charge >= 0.3 is 0 Å². The Morgan fingerprint density at radius 1 is 1.38 bits per heavy atom. The number of imidazole rings is 1. The highest BCUT2D eigenvalue weighted by molar-refractivity contribution is 7.20. The first-order valence-electron chi connectivity index (χ1n) is 8.81. The number of hydrogen-bond acceptors (Lipinski definition) is 5. The van der Waals surface area contributed by atoms with Crippen molar-refractivity contribution in [2.75, 3.05) is 27.2 Å². The van der Waals surface area contributed by atoms with Crippen molar-refractivity contribution >= 4 is 27.5 Å². The molecule has 0 spiro atoms. The van der Waals surface area contributed by atoms with Gasteiger partial charge in [-0.1, -0.05) is 6.07 Å². The molecule has 1 amide bonds. The van der Waals surface area contributed by atoms with Crippen LogP contribution in [-0.2, 0) is 13.6 Å². The molecule has 0 saturated carbocycles. The minimum atomic E-state index is 0.0752. The molecule has 0 radical (unpaired) electrons. The van der Waals surface area contributed by atoms with Gasteiger partial charge < -0.3 is 9.47 Å². The minimum Gasteiger partial charge on any atom is -0.344 e. The van der Waals surface area contributed by atoms with Gasteiger partial charge in [-0.25, -0.2) is 9.97 Å². The maximum absolute atomic E-state index is 12.7. The Bertz CT molecular complexity index is 944. The van der Waals surface area contributed by atoms with Gasteiger partial charge in [0.25, 0.3) is 5.91 Å². The lowest BCUT2D eigenvalue weighted by atomic mass is 9.95. The maximum Gasteiger partial charge on any atom is 0.263 e. The zero-order valence-corrected chi connectivity index (χ0v) is 16.2. The van der Waals surface area contributed by atoms with E-state index in [4.69, 9.17) is 0 Å². The molecule has 0 N–H and O–H groups in total. The summed E-state index contributed by atoms with van der Waals surface area (Å²) in [6, 6.07) is 4.06. The van der Waals surface area contributed by atoms with Crippen LogP contribution in [0.5, 0.6) is 0 Å². The van der Waals surface area contributed by atoms with E-state index >= 15 is 0 Å². The van der Waals surface area contributed by atoms with Crippen LogP contribution >= 0.6 is 11.3 Å². The van der Waals surface area contributed by atoms with Gasteiger partial charge in [-0.15, -0.1) is 11.3 Å². The summed E-state index contributed by atoms with van der Waals surface area (Å²) in [7, 11) is 5.62. The number of aromatic nitrogens is 3. The molecule has 1 fully saturated rings. The summed E-state index contributed by atoms with van der Waals surface area (Å²) in [6.07, 6.45) is 6.77. The number of hydrogen-bond donors (Lipinski definition) is 0. The summed E-state index contributed by atoms with van der Waals surface area (Å²) in [5.41, 5.74) is 2.27. The van der Waals surface area contributed by atoms with E-state index in [1.807, 2.05) is 38.1 Å². The second-order valence-electron chi connectivity index (χ2n) is 7.15. The molecule has 1 aliphatic heterocycles. The van der Waals surface area contributed by atoms with E-state index in [0.29, 0.717) is 5.92 Å². The average Bonchev–Trinajstić information content (AvgIpc) is 3.32. The van der Waals surface area contributed by atoms with Crippen LogP contribution in [0.1, 0.15) is 33.3 Å². The van der Waals surface area contributed by atoms with Gasteiger partial charge in [0.2, 0.25) is 0 Å². The van der Waals surface area contributed by atoms with Crippen LogP contribution in [0.2, 0.25) is 0 Å². The smallest absolute Gasteiger partial charge is 0.263 e. The molecule has 0 aromatic carbocycles. The Hall–Kier alpha value is -2.25. The summed E-state index contributed by atoms with van der Waals surface area (Å²) < 4.78 is 1.98. The summed E-state index contributed by atoms with van der Waals surface area (Å²) in [6.45, 7) is 2.83. The Labute approximate surface area is 157 Å². The van der Waals surface area contributed by atoms with Crippen LogP contribution in [-0.4, -0.2) is 57.4 Å². The Balaban J connectivity index is 1.63. The van der Waals surface area contributed by atoms with Crippen molar-refractivity contribution in [3.8, 4) is 0 Å². The van der Waals surface area contributed by atoms with Gasteiger partial charge in [-0.3, -0.25) is 9.69 Å². The quantitative estimate of drug-likeness (QED) is 0.710. The fraction of sp³-hybridized carbons (Fsp3) is 0.421. The second kappa shape index (κ2) is 6.81. The Morgan fingerprint density at radius 2 is 2.23 bits per heavy atom. The molecule has 4 heterocycles. The third kappa shape index (κ3) is 3.12. The molecule has 1 saturated heterocycles. The summed E-state index contributed by atoms with van der Waals surface area (Å²) in [4.78, 5) is 27.6. The topological polar surface area (TPSA) is 54.3 Å². The van der Waals surface area contributed by atoms with E-state index in [-0.39, 0.29) is 5.91 Å². The van der Waals surface area contributed by atoms with E-state index in [9.17, 15) is 4.79 Å². The molecule has 7 heteroatoms. The number of thiophene rings is 1. The van der Waals surface area contributed by atoms with Gasteiger partial charge in [0.1, 0.15) is 4.83 Å². The largest absolute Gasteiger partial charge is 0.344 e. The highest BCUT2D eigenvalue weighted by atomic mass is 32.1. The van der Waals surface area contributed by atoms with Crippen molar-refractivity contribution in [3.05, 3.63) is 47.0 Å². The number of fused-ring (bicyclic) bond motifs is 1. The number of amides is 1. The van der Waals surface area contributed by atoms with Gasteiger partial charge in [0.15, 0.2) is 0 Å². The lowest BCUT2D eigenvalue weighted by Gasteiger charge is -2.17. The van der Waals surface area contributed by atoms with Crippen LogP contribution in [0, 0.1) is 0 Å². The fourth-order valence-electron chi connectivity index (χ4n) is 3.71. The summed E-state index contributed by atoms with van der Waals surface area (Å²) >= 11 is 1.52. The van der Waals surface area contributed by atoms with E-state index < -0.39 is 0 Å². The molecule has 6 nitrogen and oxygen atoms in total. The predicted octanol–water partition coefficient (Wildman–Crippen LogP) is 2.72. The standard InChI is InChI=1S/C19H23N5OS/c1-22(2)19(25)17-16(15-5-4-7-20-18(15)26-17)13-6-8-24(9-13)11-14-10-23(3)12-21-14/h4-5,7,10,12-13H,6,8-9,11H2,1-3H3/t13-/m0/s1. The maximum atomic E-state index is 12.7. The van der Waals surface area contributed by atoms with Crippen LogP contribution in [0.15, 0.2) is 30.9 Å². The van der Waals surface area contributed by atoms with Gasteiger partial charge in [-0.05, 0) is 24.6 Å². The van der Waals surface area contributed by atoms with Crippen LogP contribution in [0.25, 0.3) is 10.2 Å². The van der Waals surface area contributed by atoms with Crippen LogP contribution in [0.4, 0.5) is 0 Å². The highest BCUT2D eigenvalue weighted by Crippen LogP contribution is 2.39. The van der Waals surface area contributed by atoms with Gasteiger partial charge in [0.05, 0.1) is 16.9 Å². The predicted molar refractivity (Wildman–Crippen MR) is 103 cm³/mol. The van der Waals surface area contributed by atoms with E-state index in [1.165, 1.54) is 16.9 Å². The van der Waals surface area contributed by atoms with Gasteiger partial charge in [0, 0.05) is 57.9 Å². The molecular formula is C19H23N5OS. The lowest BCUT2D eigenvalue weighted by molar-refractivity contribution is 0.0831. The number of pyridine rings is 1. The lowest BCUT2D eigenvalue weighted by Crippen LogP contribution is -2.23. The zero-order chi connectivity index (χ0) is 18.3. The van der Waals surface area contributed by atoms with E-state index in [0.717, 1.165) is 46.8 Å². The first-order valence-corrected chi connectivity index (χ1v) is 9.63. The van der Waals surface area contributed by atoms with Crippen molar-refractivity contribution in [1.82, 2.24) is 24.3 Å². The third-order valence-electron chi connectivity index (χ3n) is 4.93. The molecular weight excluding hydrogens is 346 g/mol. The molecule has 0 aliphatic carbocycles. The average molecular weight is 369 g/mol. The molecule has 0 bridgehead atoms. The molecule has 1 aliphatic rings. The molecule has 136 valence electrons.